The molecule has 1 aromatic rings. The summed E-state index contributed by atoms with van der Waals surface area (Å²) < 4.78 is 36.1. The average molecular weight is 218 g/mol. The second kappa shape index (κ2) is 5.21. The van der Waals surface area contributed by atoms with Crippen LogP contribution in [0.2, 0.25) is 0 Å². The van der Waals surface area contributed by atoms with E-state index >= 15 is 0 Å². The van der Waals surface area contributed by atoms with Crippen molar-refractivity contribution < 1.29 is 13.2 Å². The molecule has 0 aliphatic rings. The van der Waals surface area contributed by atoms with Crippen LogP contribution in [0, 0.1) is 0 Å². The zero-order valence-electron chi connectivity index (χ0n) is 6.86. The Hall–Kier alpha value is -1.75. The molecule has 7 heteroatoms. The molecule has 0 spiro atoms. The Morgan fingerprint density at radius 1 is 1.40 bits per heavy atom. The first-order chi connectivity index (χ1) is 6.54. The van der Waals surface area contributed by atoms with Gasteiger partial charge in [0.25, 0.3) is 0 Å². The Bertz CT molecular complexity index is 351. The van der Waals surface area contributed by atoms with Crippen LogP contribution in [-0.2, 0) is 12.7 Å². The van der Waals surface area contributed by atoms with Gasteiger partial charge in [0, 0.05) is 11.1 Å². The molecule has 0 atom stereocenters. The van der Waals surface area contributed by atoms with Crippen LogP contribution in [-0.4, -0.2) is 4.98 Å². The highest BCUT2D eigenvalue weighted by Gasteiger charge is 2.31. The standard InChI is InChI=1S/C7H5F3N4.CH4/c8-7(9,10)6-2-1-5(3-12-6)4-13-14-11;/h1-3H,4H2;1H4. The van der Waals surface area contributed by atoms with Crippen LogP contribution >= 0.6 is 0 Å². The lowest BCUT2D eigenvalue weighted by Crippen LogP contribution is -2.07. The van der Waals surface area contributed by atoms with E-state index in [-0.39, 0.29) is 14.0 Å². The Kier molecular flexibility index (Phi) is 4.60. The molecule has 0 aliphatic heterocycles. The summed E-state index contributed by atoms with van der Waals surface area (Å²) in [6.07, 6.45) is -3.39. The fraction of sp³-hybridized carbons (Fsp3) is 0.375. The van der Waals surface area contributed by atoms with E-state index in [0.29, 0.717) is 5.56 Å². The fourth-order valence-electron chi connectivity index (χ4n) is 0.799. The summed E-state index contributed by atoms with van der Waals surface area (Å²) in [6, 6.07) is 2.08. The molecule has 0 amide bonds. The van der Waals surface area contributed by atoms with Crippen LogP contribution in [0.3, 0.4) is 0 Å². The van der Waals surface area contributed by atoms with E-state index < -0.39 is 11.9 Å². The van der Waals surface area contributed by atoms with Gasteiger partial charge in [-0.15, -0.1) is 0 Å². The molecule has 0 fully saturated rings. The fourth-order valence-corrected chi connectivity index (χ4v) is 0.799. The molecule has 82 valence electrons. The second-order valence-electron chi connectivity index (χ2n) is 2.44. The molecule has 0 aromatic carbocycles. The van der Waals surface area contributed by atoms with E-state index in [2.05, 4.69) is 15.0 Å². The maximum absolute atomic E-state index is 12.0. The van der Waals surface area contributed by atoms with Crippen molar-refractivity contribution in [1.29, 1.82) is 0 Å². The highest BCUT2D eigenvalue weighted by molar-refractivity contribution is 5.15. The number of rotatable bonds is 2. The first-order valence-corrected chi connectivity index (χ1v) is 3.57. The molecule has 4 nitrogen and oxygen atoms in total. The largest absolute Gasteiger partial charge is 0.433 e. The Balaban J connectivity index is 0.00000196. The number of halogens is 3. The van der Waals surface area contributed by atoms with Crippen LogP contribution < -0.4 is 0 Å². The van der Waals surface area contributed by atoms with Crippen molar-refractivity contribution in [2.75, 3.05) is 0 Å². The molecule has 0 aliphatic carbocycles. The van der Waals surface area contributed by atoms with E-state index in [9.17, 15) is 13.2 Å². The van der Waals surface area contributed by atoms with Gasteiger partial charge in [0.1, 0.15) is 5.69 Å². The Morgan fingerprint density at radius 2 is 2.07 bits per heavy atom. The normalized spacial score (nSPS) is 10.1. The number of pyridine rings is 1. The quantitative estimate of drug-likeness (QED) is 0.425. The lowest BCUT2D eigenvalue weighted by Gasteiger charge is -2.04. The number of alkyl halides is 3. The van der Waals surface area contributed by atoms with Gasteiger partial charge in [-0.25, -0.2) is 0 Å². The summed E-state index contributed by atoms with van der Waals surface area (Å²) in [6.45, 7) is 0.00162. The van der Waals surface area contributed by atoms with E-state index in [1.165, 1.54) is 6.07 Å². The first-order valence-electron chi connectivity index (χ1n) is 3.57. The zero-order chi connectivity index (χ0) is 10.6. The average Bonchev–Trinajstić information content (AvgIpc) is 2.14. The summed E-state index contributed by atoms with van der Waals surface area (Å²) in [5.74, 6) is 0. The molecule has 15 heavy (non-hydrogen) atoms. The second-order valence-corrected chi connectivity index (χ2v) is 2.44. The molecule has 0 N–H and O–H groups in total. The molecule has 1 aromatic heterocycles. The topological polar surface area (TPSA) is 61.7 Å². The third-order valence-corrected chi connectivity index (χ3v) is 1.43. The lowest BCUT2D eigenvalue weighted by molar-refractivity contribution is -0.141. The van der Waals surface area contributed by atoms with Crippen molar-refractivity contribution in [3.8, 4) is 0 Å². The van der Waals surface area contributed by atoms with Crippen LogP contribution in [0.4, 0.5) is 13.2 Å². The molecule has 0 saturated heterocycles. The summed E-state index contributed by atoms with van der Waals surface area (Å²) >= 11 is 0. The SMILES string of the molecule is C.[N-]=[N+]=NCc1ccc(C(F)(F)F)nc1. The Morgan fingerprint density at radius 3 is 2.47 bits per heavy atom. The van der Waals surface area contributed by atoms with Crippen LogP contribution in [0.15, 0.2) is 23.4 Å². The maximum Gasteiger partial charge on any atom is 0.433 e. The molecule has 0 bridgehead atoms. The van der Waals surface area contributed by atoms with Gasteiger partial charge in [-0.05, 0) is 17.2 Å². The van der Waals surface area contributed by atoms with Crippen molar-refractivity contribution in [3.63, 3.8) is 0 Å². The minimum atomic E-state index is -4.43. The highest BCUT2D eigenvalue weighted by Crippen LogP contribution is 2.27. The number of azide groups is 1. The molecule has 0 saturated carbocycles. The van der Waals surface area contributed by atoms with Crippen molar-refractivity contribution in [1.82, 2.24) is 4.98 Å². The first kappa shape index (κ1) is 13.2. The minimum Gasteiger partial charge on any atom is -0.252 e. The molecule has 0 unspecified atom stereocenters. The third kappa shape index (κ3) is 3.86. The summed E-state index contributed by atoms with van der Waals surface area (Å²) in [4.78, 5) is 5.67. The minimum absolute atomic E-state index is 0. The van der Waals surface area contributed by atoms with Crippen LogP contribution in [0.1, 0.15) is 18.7 Å². The van der Waals surface area contributed by atoms with Crippen molar-refractivity contribution in [3.05, 3.63) is 40.0 Å². The van der Waals surface area contributed by atoms with Gasteiger partial charge in [-0.1, -0.05) is 18.6 Å². The summed E-state index contributed by atoms with van der Waals surface area (Å²) in [7, 11) is 0. The zero-order valence-corrected chi connectivity index (χ0v) is 6.86. The van der Waals surface area contributed by atoms with Gasteiger partial charge < -0.3 is 0 Å². The number of nitrogens with zero attached hydrogens (tertiary/aromatic N) is 4. The van der Waals surface area contributed by atoms with Gasteiger partial charge in [0.05, 0.1) is 6.54 Å². The van der Waals surface area contributed by atoms with Gasteiger partial charge in [0.2, 0.25) is 0 Å². The Labute approximate surface area is 84.4 Å². The maximum atomic E-state index is 12.0. The van der Waals surface area contributed by atoms with Gasteiger partial charge in [-0.2, -0.15) is 13.2 Å². The van der Waals surface area contributed by atoms with Crippen LogP contribution in [0.5, 0.6) is 0 Å². The summed E-state index contributed by atoms with van der Waals surface area (Å²) in [5, 5.41) is 3.19. The van der Waals surface area contributed by atoms with Crippen LogP contribution in [0.25, 0.3) is 10.4 Å². The molecular weight excluding hydrogens is 209 g/mol. The third-order valence-electron chi connectivity index (χ3n) is 1.43. The van der Waals surface area contributed by atoms with Gasteiger partial charge in [0.15, 0.2) is 0 Å². The van der Waals surface area contributed by atoms with E-state index in [0.717, 1.165) is 12.3 Å². The van der Waals surface area contributed by atoms with E-state index in [4.69, 9.17) is 5.53 Å². The van der Waals surface area contributed by atoms with E-state index in [1.807, 2.05) is 0 Å². The van der Waals surface area contributed by atoms with Crippen molar-refractivity contribution in [2.45, 2.75) is 20.1 Å². The molecular formula is C8H9F3N4. The smallest absolute Gasteiger partial charge is 0.252 e. The summed E-state index contributed by atoms with van der Waals surface area (Å²) in [5.41, 5.74) is 7.45. The molecule has 1 heterocycles. The lowest BCUT2D eigenvalue weighted by atomic mass is 10.2. The molecule has 1 rings (SSSR count). The number of hydrogen-bond acceptors (Lipinski definition) is 2. The van der Waals surface area contributed by atoms with Crippen molar-refractivity contribution in [2.24, 2.45) is 5.11 Å². The molecule has 0 radical (unpaired) electrons. The monoisotopic (exact) mass is 218 g/mol. The van der Waals surface area contributed by atoms with E-state index in [1.54, 1.807) is 0 Å². The van der Waals surface area contributed by atoms with Gasteiger partial charge in [-0.3, -0.25) is 4.98 Å². The van der Waals surface area contributed by atoms with Gasteiger partial charge >= 0.3 is 6.18 Å². The highest BCUT2D eigenvalue weighted by atomic mass is 19.4. The predicted octanol–water partition coefficient (Wildman–Crippen LogP) is 3.55. The predicted molar refractivity (Wildman–Crippen MR) is 48.8 cm³/mol. The van der Waals surface area contributed by atoms with Crippen molar-refractivity contribution >= 4 is 0 Å². The number of hydrogen-bond donors (Lipinski definition) is 0. The number of aromatic nitrogens is 1.